The van der Waals surface area contributed by atoms with Crippen molar-refractivity contribution in [2.24, 2.45) is 10.8 Å². The van der Waals surface area contributed by atoms with E-state index in [-0.39, 0.29) is 30.0 Å². The summed E-state index contributed by atoms with van der Waals surface area (Å²) in [5, 5.41) is 8.30. The van der Waals surface area contributed by atoms with Gasteiger partial charge < -0.3 is 24.8 Å². The molecule has 6 rings (SSSR count). The highest BCUT2D eigenvalue weighted by Gasteiger charge is 2.40. The van der Waals surface area contributed by atoms with E-state index in [0.717, 1.165) is 45.9 Å². The second-order valence-electron chi connectivity index (χ2n) is 15.2. The lowest BCUT2D eigenvalue weighted by Crippen LogP contribution is -2.40. The van der Waals surface area contributed by atoms with Crippen LogP contribution in [0.3, 0.4) is 0 Å². The molecule has 0 heterocycles. The Balaban J connectivity index is 1.11. The van der Waals surface area contributed by atoms with Crippen molar-refractivity contribution in [3.8, 4) is 11.5 Å². The Morgan fingerprint density at radius 3 is 2.20 bits per heavy atom. The summed E-state index contributed by atoms with van der Waals surface area (Å²) in [6.45, 7) is 10.8. The number of fused-ring (bicyclic) bond motifs is 1. The number of amides is 2. The van der Waals surface area contributed by atoms with Crippen LogP contribution in [0.2, 0.25) is 0 Å². The van der Waals surface area contributed by atoms with Gasteiger partial charge in [0.2, 0.25) is 0 Å². The van der Waals surface area contributed by atoms with Crippen LogP contribution in [-0.2, 0) is 16.1 Å². The number of nitrogens with one attached hydrogen (secondary N) is 2. The van der Waals surface area contributed by atoms with E-state index < -0.39 is 11.3 Å². The van der Waals surface area contributed by atoms with Gasteiger partial charge in [-0.3, -0.25) is 14.4 Å². The summed E-state index contributed by atoms with van der Waals surface area (Å²) in [7, 11) is 1.53. The maximum absolute atomic E-state index is 13.9. The highest BCUT2D eigenvalue weighted by atomic mass is 16.5. The molecule has 4 aromatic carbocycles. The standard InChI is InChI=1S/C43H50N2O6/c1-27-21-34(39(46)44-26-42(4)17-10-18-42)36(22-28(27)2)45-40(47)35-24-37(29(3)23-38(35)49-6)51-32-15-19-43(5,20-16-32)41(48)50-25-31-13-9-12-30-11-7-8-14-33(30)31/h7-9,11-14,21-24,32H,10,15-20,25-26H2,1-6H3,(H,44,46)(H,45,47)/t32-,43+. The Kier molecular flexibility index (Phi) is 10.4. The monoisotopic (exact) mass is 690 g/mol. The third kappa shape index (κ3) is 7.90. The van der Waals surface area contributed by atoms with E-state index in [2.05, 4.69) is 35.8 Å². The number of hydrogen-bond donors (Lipinski definition) is 2. The summed E-state index contributed by atoms with van der Waals surface area (Å²) >= 11 is 0. The smallest absolute Gasteiger partial charge is 0.312 e. The van der Waals surface area contributed by atoms with Crippen LogP contribution in [0.1, 0.15) is 102 Å². The van der Waals surface area contributed by atoms with E-state index in [1.54, 1.807) is 12.1 Å². The van der Waals surface area contributed by atoms with Crippen molar-refractivity contribution in [2.45, 2.75) is 92.3 Å². The first kappa shape index (κ1) is 36.0. The van der Waals surface area contributed by atoms with E-state index in [1.165, 1.54) is 13.5 Å². The molecule has 2 fully saturated rings. The van der Waals surface area contributed by atoms with Crippen LogP contribution in [0.4, 0.5) is 5.69 Å². The summed E-state index contributed by atoms with van der Waals surface area (Å²) in [5.41, 5.74) is 4.48. The number of rotatable bonds is 11. The summed E-state index contributed by atoms with van der Waals surface area (Å²) in [6.07, 6.45) is 5.86. The summed E-state index contributed by atoms with van der Waals surface area (Å²) in [6, 6.07) is 21.4. The van der Waals surface area contributed by atoms with Gasteiger partial charge in [0.15, 0.2) is 0 Å². The number of esters is 1. The average molecular weight is 691 g/mol. The first-order chi connectivity index (χ1) is 24.4. The molecule has 2 amide bonds. The Morgan fingerprint density at radius 2 is 1.49 bits per heavy atom. The molecule has 0 aromatic heterocycles. The number of anilines is 1. The van der Waals surface area contributed by atoms with E-state index in [1.807, 2.05) is 64.1 Å². The molecule has 8 nitrogen and oxygen atoms in total. The molecule has 268 valence electrons. The van der Waals surface area contributed by atoms with Crippen molar-refractivity contribution in [1.82, 2.24) is 5.32 Å². The van der Waals surface area contributed by atoms with Crippen molar-refractivity contribution >= 4 is 34.2 Å². The minimum absolute atomic E-state index is 0.125. The van der Waals surface area contributed by atoms with Crippen molar-refractivity contribution < 1.29 is 28.6 Å². The van der Waals surface area contributed by atoms with Crippen LogP contribution >= 0.6 is 0 Å². The maximum atomic E-state index is 13.9. The topological polar surface area (TPSA) is 103 Å². The number of methoxy groups -OCH3 is 1. The molecule has 0 atom stereocenters. The fourth-order valence-electron chi connectivity index (χ4n) is 7.24. The molecule has 2 aliphatic rings. The van der Waals surface area contributed by atoms with Gasteiger partial charge >= 0.3 is 5.97 Å². The molecule has 2 aliphatic carbocycles. The molecule has 0 saturated heterocycles. The zero-order valence-electron chi connectivity index (χ0n) is 30.7. The molecular weight excluding hydrogens is 640 g/mol. The lowest BCUT2D eigenvalue weighted by Gasteiger charge is -2.38. The van der Waals surface area contributed by atoms with Crippen molar-refractivity contribution in [3.05, 3.63) is 100 Å². The van der Waals surface area contributed by atoms with Crippen LogP contribution < -0.4 is 20.1 Å². The molecule has 2 N–H and O–H groups in total. The minimum Gasteiger partial charge on any atom is -0.496 e. The molecular formula is C43H50N2O6. The normalized spacial score (nSPS) is 19.5. The third-order valence-corrected chi connectivity index (χ3v) is 11.2. The fraction of sp³-hybridized carbons (Fsp3) is 0.419. The van der Waals surface area contributed by atoms with Crippen LogP contribution in [0.5, 0.6) is 11.5 Å². The predicted molar refractivity (Wildman–Crippen MR) is 201 cm³/mol. The van der Waals surface area contributed by atoms with Crippen LogP contribution in [0.15, 0.2) is 66.7 Å². The van der Waals surface area contributed by atoms with Gasteiger partial charge in [0.05, 0.1) is 35.4 Å². The molecule has 0 aliphatic heterocycles. The van der Waals surface area contributed by atoms with Gasteiger partial charge in [0.1, 0.15) is 18.1 Å². The molecule has 0 radical (unpaired) electrons. The second-order valence-corrected chi connectivity index (χ2v) is 15.2. The van der Waals surface area contributed by atoms with E-state index in [4.69, 9.17) is 14.2 Å². The van der Waals surface area contributed by atoms with E-state index in [0.29, 0.717) is 60.5 Å². The fourth-order valence-corrected chi connectivity index (χ4v) is 7.24. The summed E-state index contributed by atoms with van der Waals surface area (Å²) in [4.78, 5) is 40.6. The lowest BCUT2D eigenvalue weighted by atomic mass is 9.70. The first-order valence-corrected chi connectivity index (χ1v) is 18.1. The van der Waals surface area contributed by atoms with Crippen molar-refractivity contribution in [1.29, 1.82) is 0 Å². The maximum Gasteiger partial charge on any atom is 0.312 e. The molecule has 0 bridgehead atoms. The van der Waals surface area contributed by atoms with Gasteiger partial charge in [-0.05, 0) is 129 Å². The molecule has 0 spiro atoms. The van der Waals surface area contributed by atoms with Gasteiger partial charge in [-0.25, -0.2) is 0 Å². The van der Waals surface area contributed by atoms with Gasteiger partial charge in [0.25, 0.3) is 11.8 Å². The number of ether oxygens (including phenoxy) is 3. The van der Waals surface area contributed by atoms with Crippen LogP contribution in [0, 0.1) is 31.6 Å². The molecule has 4 aromatic rings. The zero-order valence-corrected chi connectivity index (χ0v) is 30.7. The number of hydrogen-bond acceptors (Lipinski definition) is 6. The molecule has 0 unspecified atom stereocenters. The molecule has 2 saturated carbocycles. The van der Waals surface area contributed by atoms with Gasteiger partial charge in [-0.15, -0.1) is 0 Å². The lowest BCUT2D eigenvalue weighted by molar-refractivity contribution is -0.159. The van der Waals surface area contributed by atoms with Gasteiger partial charge in [-0.2, -0.15) is 0 Å². The highest BCUT2D eigenvalue weighted by Crippen LogP contribution is 2.41. The van der Waals surface area contributed by atoms with Gasteiger partial charge in [-0.1, -0.05) is 55.8 Å². The number of carbonyl (C=O) groups is 3. The van der Waals surface area contributed by atoms with Crippen LogP contribution in [-0.4, -0.2) is 37.5 Å². The first-order valence-electron chi connectivity index (χ1n) is 18.1. The Morgan fingerprint density at radius 1 is 0.784 bits per heavy atom. The predicted octanol–water partition coefficient (Wildman–Crippen LogP) is 9.02. The summed E-state index contributed by atoms with van der Waals surface area (Å²) < 4.78 is 18.0. The molecule has 8 heteroatoms. The van der Waals surface area contributed by atoms with Crippen molar-refractivity contribution in [2.75, 3.05) is 19.0 Å². The number of aryl methyl sites for hydroxylation is 3. The second kappa shape index (κ2) is 14.8. The highest BCUT2D eigenvalue weighted by molar-refractivity contribution is 6.10. The Bertz CT molecular complexity index is 1950. The van der Waals surface area contributed by atoms with Crippen molar-refractivity contribution in [3.63, 3.8) is 0 Å². The summed E-state index contributed by atoms with van der Waals surface area (Å²) in [5.74, 6) is 0.202. The Hall–Kier alpha value is -4.85. The third-order valence-electron chi connectivity index (χ3n) is 11.2. The Labute approximate surface area is 301 Å². The van der Waals surface area contributed by atoms with E-state index in [9.17, 15) is 14.4 Å². The van der Waals surface area contributed by atoms with Crippen LogP contribution in [0.25, 0.3) is 10.8 Å². The number of carbonyl (C=O) groups excluding carboxylic acids is 3. The SMILES string of the molecule is COc1cc(C)c(O[C@H]2CC[C@@](C)(C(=O)OCc3cccc4ccccc34)CC2)cc1C(=O)Nc1cc(C)c(C)cc1C(=O)NCC1(C)CCC1. The quantitative estimate of drug-likeness (QED) is 0.152. The van der Waals surface area contributed by atoms with E-state index >= 15 is 0 Å². The average Bonchev–Trinajstić information content (AvgIpc) is 3.11. The number of benzene rings is 4. The molecule has 51 heavy (non-hydrogen) atoms. The minimum atomic E-state index is -0.601. The zero-order chi connectivity index (χ0) is 36.3. The largest absolute Gasteiger partial charge is 0.496 e. The van der Waals surface area contributed by atoms with Gasteiger partial charge in [0, 0.05) is 6.54 Å².